The van der Waals surface area contributed by atoms with E-state index in [9.17, 15) is 13.2 Å². The van der Waals surface area contributed by atoms with Crippen LogP contribution < -0.4 is 5.32 Å². The first-order valence-corrected chi connectivity index (χ1v) is 9.53. The van der Waals surface area contributed by atoms with Crippen LogP contribution in [-0.4, -0.2) is 36.4 Å². The molecule has 23 heavy (non-hydrogen) atoms. The molecule has 0 bridgehead atoms. The van der Waals surface area contributed by atoms with Gasteiger partial charge in [-0.2, -0.15) is 4.31 Å². The first-order chi connectivity index (χ1) is 10.9. The smallest absolute Gasteiger partial charge is 0.253 e. The molecule has 1 aliphatic heterocycles. The van der Waals surface area contributed by atoms with Crippen molar-refractivity contribution in [3.05, 3.63) is 28.3 Å². The van der Waals surface area contributed by atoms with Crippen LogP contribution >= 0.6 is 22.9 Å². The number of aromatic nitrogens is 1. The van der Waals surface area contributed by atoms with Crippen molar-refractivity contribution >= 4 is 44.7 Å². The zero-order valence-electron chi connectivity index (χ0n) is 12.2. The van der Waals surface area contributed by atoms with Gasteiger partial charge in [-0.15, -0.1) is 11.3 Å². The normalized spacial score (nSPS) is 19.1. The third-order valence-corrected chi connectivity index (χ3v) is 7.10. The van der Waals surface area contributed by atoms with Gasteiger partial charge in [0.1, 0.15) is 16.0 Å². The van der Waals surface area contributed by atoms with E-state index in [1.807, 2.05) is 0 Å². The maximum Gasteiger partial charge on any atom is 0.253 e. The lowest BCUT2D eigenvalue weighted by Gasteiger charge is -2.22. The van der Waals surface area contributed by atoms with Gasteiger partial charge in [-0.25, -0.2) is 8.42 Å². The average Bonchev–Trinajstić information content (AvgIpc) is 3.19. The van der Waals surface area contributed by atoms with Crippen LogP contribution in [0.3, 0.4) is 0 Å². The summed E-state index contributed by atoms with van der Waals surface area (Å²) in [5.41, 5.74) is 0. The van der Waals surface area contributed by atoms with Gasteiger partial charge in [0.2, 0.25) is 5.91 Å². The molecule has 0 unspecified atom stereocenters. The molecule has 0 aromatic carbocycles. The fraction of sp³-hybridized carbons (Fsp3) is 0.385. The van der Waals surface area contributed by atoms with Crippen molar-refractivity contribution in [2.24, 2.45) is 0 Å². The number of amides is 1. The van der Waals surface area contributed by atoms with E-state index in [1.165, 1.54) is 16.4 Å². The molecule has 1 amide bonds. The lowest BCUT2D eigenvalue weighted by atomic mass is 10.2. The maximum absolute atomic E-state index is 12.7. The number of anilines is 1. The molecule has 10 heteroatoms. The van der Waals surface area contributed by atoms with E-state index in [1.54, 1.807) is 13.0 Å². The Hall–Kier alpha value is -1.42. The summed E-state index contributed by atoms with van der Waals surface area (Å²) in [6, 6.07) is 3.79. The summed E-state index contributed by atoms with van der Waals surface area (Å²) < 4.78 is 32.0. The van der Waals surface area contributed by atoms with E-state index in [0.29, 0.717) is 29.5 Å². The van der Waals surface area contributed by atoms with Gasteiger partial charge in [0, 0.05) is 12.6 Å². The van der Waals surface area contributed by atoms with Crippen LogP contribution in [0.25, 0.3) is 0 Å². The summed E-state index contributed by atoms with van der Waals surface area (Å²) in [6.07, 6.45) is 1.08. The van der Waals surface area contributed by atoms with Crippen molar-refractivity contribution in [3.8, 4) is 0 Å². The number of halogens is 1. The van der Waals surface area contributed by atoms with Crippen LogP contribution in [0.1, 0.15) is 18.6 Å². The predicted molar refractivity (Wildman–Crippen MR) is 86.1 cm³/mol. The average molecular weight is 376 g/mol. The minimum absolute atomic E-state index is 0.138. The second-order valence-corrected chi connectivity index (χ2v) is 8.98. The minimum Gasteiger partial charge on any atom is -0.360 e. The minimum atomic E-state index is -3.74. The van der Waals surface area contributed by atoms with E-state index in [-0.39, 0.29) is 10.0 Å². The van der Waals surface area contributed by atoms with Crippen LogP contribution in [-0.2, 0) is 14.8 Å². The van der Waals surface area contributed by atoms with E-state index < -0.39 is 22.0 Å². The summed E-state index contributed by atoms with van der Waals surface area (Å²) >= 11 is 6.80. The zero-order valence-corrected chi connectivity index (χ0v) is 14.5. The Labute approximate surface area is 142 Å². The van der Waals surface area contributed by atoms with Crippen LogP contribution in [0.4, 0.5) is 5.82 Å². The molecule has 1 N–H and O–H groups in total. The van der Waals surface area contributed by atoms with E-state index in [4.69, 9.17) is 16.1 Å². The Morgan fingerprint density at radius 1 is 1.52 bits per heavy atom. The van der Waals surface area contributed by atoms with Gasteiger partial charge in [0.05, 0.1) is 4.34 Å². The summed E-state index contributed by atoms with van der Waals surface area (Å²) in [6.45, 7) is 2.00. The van der Waals surface area contributed by atoms with Crippen molar-refractivity contribution in [3.63, 3.8) is 0 Å². The third-order valence-electron chi connectivity index (χ3n) is 3.50. The second kappa shape index (κ2) is 6.23. The van der Waals surface area contributed by atoms with Gasteiger partial charge >= 0.3 is 0 Å². The highest BCUT2D eigenvalue weighted by Crippen LogP contribution is 2.32. The van der Waals surface area contributed by atoms with Gasteiger partial charge in [-0.05, 0) is 31.9 Å². The number of rotatable bonds is 4. The van der Waals surface area contributed by atoms with Crippen molar-refractivity contribution in [2.75, 3.05) is 11.9 Å². The summed E-state index contributed by atoms with van der Waals surface area (Å²) in [5.74, 6) is 0.419. The molecule has 124 valence electrons. The standard InChI is InChI=1S/C13H14ClN3O4S2/c1-8-7-11(16-21-8)15-13(18)9-3-2-6-17(9)23(19,20)12-5-4-10(14)22-12/h4-5,7,9H,2-3,6H2,1H3,(H,15,16,18)/t9-/m1/s1. The largest absolute Gasteiger partial charge is 0.360 e. The molecule has 3 rings (SSSR count). The fourth-order valence-corrected chi connectivity index (χ4v) is 5.75. The summed E-state index contributed by atoms with van der Waals surface area (Å²) in [7, 11) is -3.74. The van der Waals surface area contributed by atoms with E-state index in [2.05, 4.69) is 10.5 Å². The Balaban J connectivity index is 1.81. The molecule has 1 aliphatic rings. The Morgan fingerprint density at radius 3 is 2.91 bits per heavy atom. The second-order valence-electron chi connectivity index (χ2n) is 5.14. The molecule has 1 saturated heterocycles. The number of nitrogens with one attached hydrogen (secondary N) is 1. The molecular formula is C13H14ClN3O4S2. The lowest BCUT2D eigenvalue weighted by Crippen LogP contribution is -2.42. The number of sulfonamides is 1. The van der Waals surface area contributed by atoms with Gasteiger partial charge in [0.15, 0.2) is 5.82 Å². The van der Waals surface area contributed by atoms with Crippen LogP contribution in [0.2, 0.25) is 4.34 Å². The monoisotopic (exact) mass is 375 g/mol. The summed E-state index contributed by atoms with van der Waals surface area (Å²) in [4.78, 5) is 12.4. The number of hydrogen-bond donors (Lipinski definition) is 1. The lowest BCUT2D eigenvalue weighted by molar-refractivity contribution is -0.119. The highest BCUT2D eigenvalue weighted by atomic mass is 35.5. The van der Waals surface area contributed by atoms with E-state index in [0.717, 1.165) is 11.3 Å². The Morgan fingerprint density at radius 2 is 2.30 bits per heavy atom. The molecule has 3 heterocycles. The highest BCUT2D eigenvalue weighted by molar-refractivity contribution is 7.91. The van der Waals surface area contributed by atoms with E-state index >= 15 is 0 Å². The highest BCUT2D eigenvalue weighted by Gasteiger charge is 2.40. The third kappa shape index (κ3) is 3.27. The SMILES string of the molecule is Cc1cc(NC(=O)[C@H]2CCCN2S(=O)(=O)c2ccc(Cl)s2)no1. The van der Waals surface area contributed by atoms with Crippen LogP contribution in [0.5, 0.6) is 0 Å². The molecule has 1 atom stereocenters. The van der Waals surface area contributed by atoms with Gasteiger partial charge in [-0.1, -0.05) is 16.8 Å². The molecular weight excluding hydrogens is 362 g/mol. The number of carbonyl (C=O) groups is 1. The summed E-state index contributed by atoms with van der Waals surface area (Å²) in [5, 5.41) is 6.28. The predicted octanol–water partition coefficient (Wildman–Crippen LogP) is 2.49. The van der Waals surface area contributed by atoms with Crippen molar-refractivity contribution in [2.45, 2.75) is 30.0 Å². The molecule has 0 aliphatic carbocycles. The maximum atomic E-state index is 12.7. The van der Waals surface area contributed by atoms with Crippen molar-refractivity contribution in [1.29, 1.82) is 0 Å². The number of nitrogens with zero attached hydrogens (tertiary/aromatic N) is 2. The number of hydrogen-bond acceptors (Lipinski definition) is 6. The number of thiophene rings is 1. The Bertz CT molecular complexity index is 830. The topological polar surface area (TPSA) is 92.5 Å². The van der Waals surface area contributed by atoms with Crippen molar-refractivity contribution < 1.29 is 17.7 Å². The van der Waals surface area contributed by atoms with Crippen LogP contribution in [0.15, 0.2) is 26.9 Å². The quantitative estimate of drug-likeness (QED) is 0.886. The number of carbonyl (C=O) groups excluding carboxylic acids is 1. The molecule has 2 aromatic heterocycles. The first kappa shape index (κ1) is 16.4. The van der Waals surface area contributed by atoms with Crippen LogP contribution in [0, 0.1) is 6.92 Å². The van der Waals surface area contributed by atoms with Gasteiger partial charge in [-0.3, -0.25) is 4.79 Å². The molecule has 0 radical (unpaired) electrons. The fourth-order valence-electron chi connectivity index (χ4n) is 2.48. The number of aryl methyl sites for hydroxylation is 1. The zero-order chi connectivity index (χ0) is 16.6. The molecule has 0 saturated carbocycles. The molecule has 2 aromatic rings. The van der Waals surface area contributed by atoms with Gasteiger partial charge in [0.25, 0.3) is 10.0 Å². The molecule has 7 nitrogen and oxygen atoms in total. The van der Waals surface area contributed by atoms with Crippen molar-refractivity contribution in [1.82, 2.24) is 9.46 Å². The Kier molecular flexibility index (Phi) is 4.45. The molecule has 1 fully saturated rings. The first-order valence-electron chi connectivity index (χ1n) is 6.89. The van der Waals surface area contributed by atoms with Gasteiger partial charge < -0.3 is 9.84 Å². The molecule has 0 spiro atoms.